The third-order valence-electron chi connectivity index (χ3n) is 6.76. The number of ether oxygens (including phenoxy) is 1. The van der Waals surface area contributed by atoms with Gasteiger partial charge in [-0.15, -0.1) is 0 Å². The van der Waals surface area contributed by atoms with Crippen molar-refractivity contribution in [3.05, 3.63) is 48.0 Å². The summed E-state index contributed by atoms with van der Waals surface area (Å²) in [4.78, 5) is 22.2. The molecule has 0 bridgehead atoms. The van der Waals surface area contributed by atoms with E-state index in [4.69, 9.17) is 9.72 Å². The van der Waals surface area contributed by atoms with E-state index in [1.165, 1.54) is 16.4 Å². The van der Waals surface area contributed by atoms with Crippen molar-refractivity contribution in [2.24, 2.45) is 0 Å². The lowest BCUT2D eigenvalue weighted by atomic mass is 10.2. The Bertz CT molecular complexity index is 1310. The molecule has 192 valence electrons. The molecule has 0 unspecified atom stereocenters. The molecule has 1 N–H and O–H groups in total. The highest BCUT2D eigenvalue weighted by atomic mass is 32.2. The fourth-order valence-corrected chi connectivity index (χ4v) is 7.17. The number of nitrogens with one attached hydrogen (secondary N) is 1. The summed E-state index contributed by atoms with van der Waals surface area (Å²) < 4.78 is 33.3. The minimum Gasteiger partial charge on any atom is -0.497 e. The number of benzene rings is 2. The summed E-state index contributed by atoms with van der Waals surface area (Å²) in [6, 6.07) is 12.2. The molecule has 0 atom stereocenters. The van der Waals surface area contributed by atoms with Crippen LogP contribution in [0, 0.1) is 0 Å². The summed E-state index contributed by atoms with van der Waals surface area (Å²) in [6.45, 7) is 6.00. The Morgan fingerprint density at radius 1 is 1.03 bits per heavy atom. The fourth-order valence-electron chi connectivity index (χ4n) is 4.60. The summed E-state index contributed by atoms with van der Waals surface area (Å²) in [5, 5.41) is 3.98. The average Bonchev–Trinajstić information content (AvgIpc) is 3.59. The second-order valence-corrected chi connectivity index (χ2v) is 12.0. The molecule has 36 heavy (non-hydrogen) atoms. The molecular weight excluding hydrogens is 498 g/mol. The van der Waals surface area contributed by atoms with E-state index in [-0.39, 0.29) is 10.8 Å². The Kier molecular flexibility index (Phi) is 7.42. The van der Waals surface area contributed by atoms with Gasteiger partial charge in [-0.3, -0.25) is 9.69 Å². The number of methoxy groups -OCH3 is 1. The van der Waals surface area contributed by atoms with Crippen molar-refractivity contribution in [2.45, 2.75) is 17.7 Å². The van der Waals surface area contributed by atoms with Crippen LogP contribution in [0.25, 0.3) is 10.2 Å². The number of thiazole rings is 1. The highest BCUT2D eigenvalue weighted by Crippen LogP contribution is 2.31. The Morgan fingerprint density at radius 3 is 2.44 bits per heavy atom. The van der Waals surface area contributed by atoms with Gasteiger partial charge in [0.15, 0.2) is 5.13 Å². The number of amides is 1. The number of hydrogen-bond acceptors (Lipinski definition) is 8. The highest BCUT2D eigenvalue weighted by molar-refractivity contribution is 7.89. The summed E-state index contributed by atoms with van der Waals surface area (Å²) in [6.07, 6.45) is 1.79. The van der Waals surface area contributed by atoms with Gasteiger partial charge >= 0.3 is 0 Å². The van der Waals surface area contributed by atoms with Gasteiger partial charge in [-0.2, -0.15) is 4.31 Å². The van der Waals surface area contributed by atoms with E-state index >= 15 is 0 Å². The second kappa shape index (κ2) is 10.7. The summed E-state index contributed by atoms with van der Waals surface area (Å²) in [5.41, 5.74) is 1.45. The van der Waals surface area contributed by atoms with Crippen LogP contribution in [0.4, 0.5) is 5.13 Å². The third-order valence-corrected chi connectivity index (χ3v) is 9.75. The molecule has 2 aromatic carbocycles. The quantitative estimate of drug-likeness (QED) is 0.479. The molecule has 5 rings (SSSR count). The maximum Gasteiger partial charge on any atom is 0.251 e. The number of piperazine rings is 1. The van der Waals surface area contributed by atoms with Crippen LogP contribution in [-0.2, 0) is 10.0 Å². The number of nitrogens with zero attached hydrogens (tertiary/aromatic N) is 4. The number of fused-ring (bicyclic) bond motifs is 1. The summed E-state index contributed by atoms with van der Waals surface area (Å²) in [5.74, 6) is 0.649. The minimum absolute atomic E-state index is 0.191. The van der Waals surface area contributed by atoms with Gasteiger partial charge in [0.1, 0.15) is 5.75 Å². The van der Waals surface area contributed by atoms with Crippen molar-refractivity contribution in [1.29, 1.82) is 0 Å². The first-order chi connectivity index (χ1) is 17.4. The molecule has 0 spiro atoms. The molecule has 0 aliphatic carbocycles. The third kappa shape index (κ3) is 5.34. The van der Waals surface area contributed by atoms with Crippen LogP contribution in [0.2, 0.25) is 0 Å². The molecule has 2 fully saturated rings. The van der Waals surface area contributed by atoms with Gasteiger partial charge < -0.3 is 15.0 Å². The first-order valence-electron chi connectivity index (χ1n) is 12.2. The molecule has 2 saturated heterocycles. The van der Waals surface area contributed by atoms with Crippen LogP contribution in [0.15, 0.2) is 47.4 Å². The Labute approximate surface area is 215 Å². The monoisotopic (exact) mass is 529 g/mol. The van der Waals surface area contributed by atoms with Gasteiger partial charge in [0.25, 0.3) is 5.91 Å². The topological polar surface area (TPSA) is 95.1 Å². The lowest BCUT2D eigenvalue weighted by molar-refractivity contribution is 0.0947. The highest BCUT2D eigenvalue weighted by Gasteiger charge is 2.27. The normalized spacial score (nSPS) is 17.5. The van der Waals surface area contributed by atoms with Crippen molar-refractivity contribution in [3.8, 4) is 5.75 Å². The summed E-state index contributed by atoms with van der Waals surface area (Å²) >= 11 is 1.68. The van der Waals surface area contributed by atoms with Crippen LogP contribution in [0.1, 0.15) is 23.2 Å². The zero-order chi connectivity index (χ0) is 25.1. The smallest absolute Gasteiger partial charge is 0.251 e. The molecule has 1 aromatic heterocycles. The van der Waals surface area contributed by atoms with Crippen molar-refractivity contribution in [1.82, 2.24) is 19.5 Å². The van der Waals surface area contributed by atoms with Gasteiger partial charge in [0.2, 0.25) is 10.0 Å². The summed E-state index contributed by atoms with van der Waals surface area (Å²) in [7, 11) is -1.80. The lowest BCUT2D eigenvalue weighted by Gasteiger charge is -2.34. The zero-order valence-electron chi connectivity index (χ0n) is 20.4. The molecule has 0 saturated carbocycles. The van der Waals surface area contributed by atoms with Gasteiger partial charge in [0, 0.05) is 57.9 Å². The van der Waals surface area contributed by atoms with Crippen LogP contribution in [0.5, 0.6) is 5.75 Å². The van der Waals surface area contributed by atoms with Crippen molar-refractivity contribution < 1.29 is 17.9 Å². The molecule has 1 amide bonds. The van der Waals surface area contributed by atoms with Crippen molar-refractivity contribution >= 4 is 42.6 Å². The molecular formula is C25H31N5O4S2. The van der Waals surface area contributed by atoms with E-state index < -0.39 is 10.0 Å². The number of hydrogen-bond donors (Lipinski definition) is 1. The van der Waals surface area contributed by atoms with E-state index in [2.05, 4.69) is 15.1 Å². The number of carbonyl (C=O) groups is 1. The molecule has 3 aromatic rings. The SMILES string of the molecule is COc1ccc2nc(N3CCN(CCNC(=O)c4ccc(S(=O)(=O)N5CCCC5)cc4)CC3)sc2c1. The maximum absolute atomic E-state index is 12.7. The fraction of sp³-hybridized carbons (Fsp3) is 0.440. The largest absolute Gasteiger partial charge is 0.497 e. The van der Waals surface area contributed by atoms with Crippen LogP contribution in [0.3, 0.4) is 0 Å². The molecule has 0 radical (unpaired) electrons. The van der Waals surface area contributed by atoms with Crippen molar-refractivity contribution in [2.75, 3.05) is 64.4 Å². The van der Waals surface area contributed by atoms with Gasteiger partial charge in [-0.25, -0.2) is 13.4 Å². The Balaban J connectivity index is 1.08. The number of aromatic nitrogens is 1. The number of carbonyl (C=O) groups excluding carboxylic acids is 1. The van der Waals surface area contributed by atoms with E-state index in [1.807, 2.05) is 18.2 Å². The predicted octanol–water partition coefficient (Wildman–Crippen LogP) is 2.64. The van der Waals surface area contributed by atoms with Crippen LogP contribution < -0.4 is 15.0 Å². The van der Waals surface area contributed by atoms with E-state index in [0.29, 0.717) is 25.2 Å². The number of rotatable bonds is 8. The Morgan fingerprint density at radius 2 is 1.75 bits per heavy atom. The van der Waals surface area contributed by atoms with Gasteiger partial charge in [0.05, 0.1) is 22.2 Å². The molecule has 3 heterocycles. The van der Waals surface area contributed by atoms with Crippen LogP contribution in [-0.4, -0.2) is 88.0 Å². The molecule has 2 aliphatic heterocycles. The maximum atomic E-state index is 12.7. The van der Waals surface area contributed by atoms with E-state index in [0.717, 1.165) is 66.7 Å². The van der Waals surface area contributed by atoms with Gasteiger partial charge in [-0.1, -0.05) is 11.3 Å². The Hall–Kier alpha value is -2.73. The first kappa shape index (κ1) is 24.9. The minimum atomic E-state index is -3.47. The lowest BCUT2D eigenvalue weighted by Crippen LogP contribution is -2.48. The van der Waals surface area contributed by atoms with Gasteiger partial charge in [-0.05, 0) is 55.3 Å². The number of sulfonamides is 1. The predicted molar refractivity (Wildman–Crippen MR) is 142 cm³/mol. The van der Waals surface area contributed by atoms with E-state index in [9.17, 15) is 13.2 Å². The van der Waals surface area contributed by atoms with Crippen molar-refractivity contribution in [3.63, 3.8) is 0 Å². The first-order valence-corrected chi connectivity index (χ1v) is 14.5. The van der Waals surface area contributed by atoms with E-state index in [1.54, 1.807) is 30.6 Å². The molecule has 11 heteroatoms. The number of anilines is 1. The molecule has 9 nitrogen and oxygen atoms in total. The van der Waals surface area contributed by atoms with Crippen LogP contribution >= 0.6 is 11.3 Å². The standard InChI is InChI=1S/C25H31N5O4S2/c1-34-20-6-9-22-23(18-20)35-25(27-22)29-16-14-28(15-17-29)13-10-26-24(31)19-4-7-21(8-5-19)36(32,33)30-11-2-3-12-30/h4-9,18H,2-3,10-17H2,1H3,(H,26,31). The molecule has 2 aliphatic rings. The average molecular weight is 530 g/mol. The zero-order valence-corrected chi connectivity index (χ0v) is 22.0. The second-order valence-electron chi connectivity index (χ2n) is 9.05.